The highest BCUT2D eigenvalue weighted by molar-refractivity contribution is 6.32. The topological polar surface area (TPSA) is 75.9 Å². The van der Waals surface area contributed by atoms with Gasteiger partial charge in [-0.2, -0.15) is 0 Å². The van der Waals surface area contributed by atoms with Gasteiger partial charge < -0.3 is 15.0 Å². The molecule has 0 aliphatic rings. The number of benzene rings is 1. The zero-order valence-corrected chi connectivity index (χ0v) is 14.4. The number of rotatable bonds is 7. The molecule has 3 rings (SSSR count). The highest BCUT2D eigenvalue weighted by Gasteiger charge is 2.11. The molecular weight excluding hydrogens is 349 g/mol. The Morgan fingerprint density at radius 3 is 2.88 bits per heavy atom. The van der Waals surface area contributed by atoms with E-state index >= 15 is 0 Å². The fraction of sp³-hybridized carbons (Fsp3) is 0.312. The molecule has 0 saturated carbocycles. The summed E-state index contributed by atoms with van der Waals surface area (Å²) in [6.45, 7) is 1.20. The summed E-state index contributed by atoms with van der Waals surface area (Å²) in [5.41, 5.74) is 2.16. The second-order valence-corrected chi connectivity index (χ2v) is 6.11. The Labute approximate surface area is 149 Å². The first-order valence-corrected chi connectivity index (χ1v) is 8.54. The van der Waals surface area contributed by atoms with Crippen LogP contribution in [0, 0.1) is 0 Å². The van der Waals surface area contributed by atoms with Crippen LogP contribution in [0.2, 0.25) is 5.02 Å². The van der Waals surface area contributed by atoms with E-state index in [1.54, 1.807) is 24.5 Å². The zero-order chi connectivity index (χ0) is 16.9. The van der Waals surface area contributed by atoms with Crippen LogP contribution in [-0.2, 0) is 13.1 Å². The van der Waals surface area contributed by atoms with Gasteiger partial charge >= 0.3 is 0 Å². The molecule has 1 aromatic carbocycles. The lowest BCUT2D eigenvalue weighted by Crippen LogP contribution is -2.04. The Hall–Kier alpha value is -2.05. The highest BCUT2D eigenvalue weighted by Crippen LogP contribution is 2.28. The normalized spacial score (nSPS) is 11.1. The van der Waals surface area contributed by atoms with Gasteiger partial charge in [0, 0.05) is 24.5 Å². The first-order chi connectivity index (χ1) is 11.7. The molecule has 0 bridgehead atoms. The quantitative estimate of drug-likeness (QED) is 0.491. The number of nitrogens with one attached hydrogen (secondary N) is 1. The number of fused-ring (bicyclic) bond motifs is 1. The Balaban J connectivity index is 1.79. The van der Waals surface area contributed by atoms with Crippen molar-refractivity contribution >= 4 is 40.2 Å². The molecule has 2 aromatic heterocycles. The van der Waals surface area contributed by atoms with Crippen LogP contribution in [0.25, 0.3) is 11.2 Å². The van der Waals surface area contributed by atoms with Crippen molar-refractivity contribution in [3.8, 4) is 5.75 Å². The number of halogens is 2. The van der Waals surface area contributed by atoms with Gasteiger partial charge in [0.2, 0.25) is 0 Å². The second-order valence-electron chi connectivity index (χ2n) is 5.33. The van der Waals surface area contributed by atoms with Crippen LogP contribution in [0.4, 0.5) is 5.82 Å². The van der Waals surface area contributed by atoms with E-state index in [4.69, 9.17) is 23.2 Å². The average Bonchev–Trinajstić information content (AvgIpc) is 3.00. The van der Waals surface area contributed by atoms with Crippen molar-refractivity contribution in [2.45, 2.75) is 25.9 Å². The third-order valence-corrected chi connectivity index (χ3v) is 4.27. The van der Waals surface area contributed by atoms with Crippen molar-refractivity contribution in [1.29, 1.82) is 0 Å². The number of para-hydroxylation sites is 1. The summed E-state index contributed by atoms with van der Waals surface area (Å²) in [7, 11) is 0. The van der Waals surface area contributed by atoms with Gasteiger partial charge in [0.05, 0.1) is 11.3 Å². The molecule has 0 amide bonds. The molecule has 24 heavy (non-hydrogen) atoms. The van der Waals surface area contributed by atoms with Gasteiger partial charge in [-0.3, -0.25) is 0 Å². The largest absolute Gasteiger partial charge is 0.506 e. The van der Waals surface area contributed by atoms with Crippen LogP contribution in [0.3, 0.4) is 0 Å². The maximum Gasteiger partial charge on any atom is 0.165 e. The van der Waals surface area contributed by atoms with Crippen LogP contribution >= 0.6 is 23.2 Å². The molecule has 3 aromatic rings. The van der Waals surface area contributed by atoms with Crippen molar-refractivity contribution in [3.63, 3.8) is 0 Å². The summed E-state index contributed by atoms with van der Waals surface area (Å²) in [5.74, 6) is 1.34. The number of aromatic nitrogens is 4. The van der Waals surface area contributed by atoms with E-state index in [0.717, 1.165) is 25.0 Å². The van der Waals surface area contributed by atoms with E-state index in [-0.39, 0.29) is 5.75 Å². The first-order valence-electron chi connectivity index (χ1n) is 7.62. The van der Waals surface area contributed by atoms with E-state index < -0.39 is 0 Å². The van der Waals surface area contributed by atoms with E-state index in [1.807, 2.05) is 4.57 Å². The lowest BCUT2D eigenvalue weighted by Gasteiger charge is -2.09. The van der Waals surface area contributed by atoms with Crippen molar-refractivity contribution in [3.05, 3.63) is 41.4 Å². The van der Waals surface area contributed by atoms with Gasteiger partial charge in [-0.05, 0) is 18.9 Å². The summed E-state index contributed by atoms with van der Waals surface area (Å²) in [4.78, 5) is 13.0. The number of unbranched alkanes of at least 4 members (excludes halogenated alkanes) is 1. The second kappa shape index (κ2) is 7.68. The minimum absolute atomic E-state index is 0.0728. The predicted octanol–water partition coefficient (Wildman–Crippen LogP) is 3.82. The minimum atomic E-state index is 0.0728. The molecule has 0 unspecified atom stereocenters. The van der Waals surface area contributed by atoms with Crippen molar-refractivity contribution in [2.75, 3.05) is 11.2 Å². The Bertz CT molecular complexity index is 836. The molecule has 0 fully saturated rings. The molecule has 6 nitrogen and oxygen atoms in total. The average molecular weight is 366 g/mol. The summed E-state index contributed by atoms with van der Waals surface area (Å²) >= 11 is 11.6. The molecule has 2 heterocycles. The number of alkyl halides is 1. The minimum Gasteiger partial charge on any atom is -0.506 e. The third kappa shape index (κ3) is 3.55. The molecule has 0 aliphatic carbocycles. The number of anilines is 1. The Morgan fingerprint density at radius 2 is 2.04 bits per heavy atom. The van der Waals surface area contributed by atoms with Gasteiger partial charge in [-0.15, -0.1) is 11.6 Å². The number of hydrogen-bond donors (Lipinski definition) is 2. The smallest absolute Gasteiger partial charge is 0.165 e. The van der Waals surface area contributed by atoms with Crippen molar-refractivity contribution in [2.24, 2.45) is 0 Å². The fourth-order valence-electron chi connectivity index (χ4n) is 2.43. The third-order valence-electron chi connectivity index (χ3n) is 3.70. The monoisotopic (exact) mass is 365 g/mol. The van der Waals surface area contributed by atoms with Gasteiger partial charge in [0.25, 0.3) is 0 Å². The lowest BCUT2D eigenvalue weighted by atomic mass is 10.2. The molecule has 0 aliphatic heterocycles. The van der Waals surface area contributed by atoms with Crippen molar-refractivity contribution < 1.29 is 5.11 Å². The fourth-order valence-corrected chi connectivity index (χ4v) is 2.81. The standard InChI is InChI=1S/C16H17Cl2N5O/c17-6-1-2-7-23-10-22-13-15(20-9-21-16(13)23)19-8-11-4-3-5-12(18)14(11)24/h3-5,9-10,24H,1-2,6-8H2,(H,19,20,21). The molecule has 126 valence electrons. The maximum absolute atomic E-state index is 9.98. The molecule has 0 radical (unpaired) electrons. The zero-order valence-electron chi connectivity index (χ0n) is 12.9. The van der Waals surface area contributed by atoms with Crippen LogP contribution in [-0.4, -0.2) is 30.5 Å². The highest BCUT2D eigenvalue weighted by atomic mass is 35.5. The summed E-state index contributed by atoms with van der Waals surface area (Å²) in [5, 5.41) is 13.5. The lowest BCUT2D eigenvalue weighted by molar-refractivity contribution is 0.469. The predicted molar refractivity (Wildman–Crippen MR) is 95.7 cm³/mol. The van der Waals surface area contributed by atoms with E-state index in [9.17, 15) is 5.11 Å². The van der Waals surface area contributed by atoms with E-state index in [1.165, 1.54) is 6.33 Å². The van der Waals surface area contributed by atoms with Gasteiger partial charge in [-0.25, -0.2) is 15.0 Å². The number of imidazole rings is 1. The molecule has 0 saturated heterocycles. The number of phenolic OH excluding ortho intramolecular Hbond substituents is 1. The number of aryl methyl sites for hydroxylation is 1. The van der Waals surface area contributed by atoms with Crippen LogP contribution in [0.1, 0.15) is 18.4 Å². The number of hydrogen-bond acceptors (Lipinski definition) is 5. The summed E-state index contributed by atoms with van der Waals surface area (Å²) < 4.78 is 1.99. The first kappa shape index (κ1) is 16.8. The maximum atomic E-state index is 9.98. The molecule has 2 N–H and O–H groups in total. The molecule has 0 atom stereocenters. The van der Waals surface area contributed by atoms with Gasteiger partial charge in [-0.1, -0.05) is 23.7 Å². The number of nitrogens with zero attached hydrogens (tertiary/aromatic N) is 4. The van der Waals surface area contributed by atoms with Gasteiger partial charge in [0.15, 0.2) is 11.5 Å². The van der Waals surface area contributed by atoms with Crippen LogP contribution < -0.4 is 5.32 Å². The molecule has 8 heteroatoms. The Morgan fingerprint density at radius 1 is 1.17 bits per heavy atom. The van der Waals surface area contributed by atoms with Crippen molar-refractivity contribution in [1.82, 2.24) is 19.5 Å². The molecule has 0 spiro atoms. The Kier molecular flexibility index (Phi) is 5.37. The summed E-state index contributed by atoms with van der Waals surface area (Å²) in [6, 6.07) is 5.24. The summed E-state index contributed by atoms with van der Waals surface area (Å²) in [6.07, 6.45) is 5.18. The molecular formula is C16H17Cl2N5O. The van der Waals surface area contributed by atoms with E-state index in [2.05, 4.69) is 20.3 Å². The van der Waals surface area contributed by atoms with Crippen LogP contribution in [0.15, 0.2) is 30.9 Å². The van der Waals surface area contributed by atoms with E-state index in [0.29, 0.717) is 34.3 Å². The number of aromatic hydroxyl groups is 1. The van der Waals surface area contributed by atoms with Crippen LogP contribution in [0.5, 0.6) is 5.75 Å². The SMILES string of the molecule is Oc1c(Cl)cccc1CNc1ncnc2c1ncn2CCCCCl. The van der Waals surface area contributed by atoms with Gasteiger partial charge in [0.1, 0.15) is 17.6 Å². The number of phenols is 1.